The van der Waals surface area contributed by atoms with Crippen molar-refractivity contribution in [1.29, 1.82) is 0 Å². The second-order valence-electron chi connectivity index (χ2n) is 5.90. The molecular weight excluding hydrogens is 172 g/mol. The summed E-state index contributed by atoms with van der Waals surface area (Å²) in [5.74, 6) is 0.753. The summed E-state index contributed by atoms with van der Waals surface area (Å²) in [7, 11) is 4.68. The molecule has 1 aliphatic heterocycles. The van der Waals surface area contributed by atoms with Gasteiger partial charge in [0.1, 0.15) is 12.7 Å². The van der Waals surface area contributed by atoms with Crippen LogP contribution in [0.2, 0.25) is 0 Å². The minimum absolute atomic E-state index is 0.701. The molecule has 0 aromatic carbocycles. The molecule has 3 atom stereocenters. The van der Waals surface area contributed by atoms with E-state index in [9.17, 15) is 0 Å². The highest BCUT2D eigenvalue weighted by molar-refractivity contribution is 4.82. The molecule has 84 valence electrons. The predicted octanol–water partition coefficient (Wildman–Crippen LogP) is 2.16. The third kappa shape index (κ3) is 1.96. The fourth-order valence-corrected chi connectivity index (χ4v) is 2.42. The highest BCUT2D eigenvalue weighted by Crippen LogP contribution is 2.28. The summed E-state index contributed by atoms with van der Waals surface area (Å²) in [4.78, 5) is 2.66. The number of likely N-dealkylation sites (N-methyl/N-ethyl adjacent to an activating group) is 1. The van der Waals surface area contributed by atoms with E-state index in [0.717, 1.165) is 16.4 Å². The van der Waals surface area contributed by atoms with Gasteiger partial charge in [0, 0.05) is 6.04 Å². The molecule has 0 spiro atoms. The summed E-state index contributed by atoms with van der Waals surface area (Å²) in [6.07, 6.45) is 0. The van der Waals surface area contributed by atoms with Crippen LogP contribution in [0.1, 0.15) is 34.6 Å². The molecule has 0 saturated carbocycles. The summed E-state index contributed by atoms with van der Waals surface area (Å²) in [6.45, 7) is 12.9. The fraction of sp³-hybridized carbons (Fsp3) is 1.00. The van der Waals surface area contributed by atoms with Crippen LogP contribution in [0.3, 0.4) is 0 Å². The van der Waals surface area contributed by atoms with Gasteiger partial charge in [0.05, 0.1) is 20.1 Å². The highest BCUT2D eigenvalue weighted by atomic mass is 15.5. The largest absolute Gasteiger partial charge is 0.312 e. The number of hydrogen-bond donors (Lipinski definition) is 0. The highest BCUT2D eigenvalue weighted by Gasteiger charge is 2.44. The summed E-state index contributed by atoms with van der Waals surface area (Å²) in [6, 6.07) is 2.16. The topological polar surface area (TPSA) is 3.24 Å². The standard InChI is InChI=1S/C12H27N2/c1-9(2)10(3)13-8-14(6,7)12(5)11(13)4/h9-12H,8H2,1-7H3/q+1. The van der Waals surface area contributed by atoms with Gasteiger partial charge >= 0.3 is 0 Å². The van der Waals surface area contributed by atoms with Gasteiger partial charge in [0.25, 0.3) is 0 Å². The van der Waals surface area contributed by atoms with Crippen LogP contribution < -0.4 is 0 Å². The summed E-state index contributed by atoms with van der Waals surface area (Å²) >= 11 is 0. The molecule has 1 aliphatic rings. The molecule has 1 saturated heterocycles. The van der Waals surface area contributed by atoms with E-state index >= 15 is 0 Å². The molecule has 2 nitrogen and oxygen atoms in total. The smallest absolute Gasteiger partial charge is 0.135 e. The maximum absolute atomic E-state index is 2.66. The quantitative estimate of drug-likeness (QED) is 0.616. The monoisotopic (exact) mass is 199 g/mol. The third-order valence-electron chi connectivity index (χ3n) is 4.34. The Balaban J connectivity index is 2.75. The van der Waals surface area contributed by atoms with Crippen LogP contribution in [0.5, 0.6) is 0 Å². The molecule has 0 amide bonds. The van der Waals surface area contributed by atoms with Gasteiger partial charge < -0.3 is 4.48 Å². The summed E-state index contributed by atoms with van der Waals surface area (Å²) in [5.41, 5.74) is 0. The Morgan fingerprint density at radius 2 is 1.64 bits per heavy atom. The lowest BCUT2D eigenvalue weighted by atomic mass is 10.0. The zero-order valence-corrected chi connectivity index (χ0v) is 10.9. The normalized spacial score (nSPS) is 35.1. The molecule has 0 aromatic heterocycles. The van der Waals surface area contributed by atoms with E-state index in [1.54, 1.807) is 0 Å². The molecule has 2 heteroatoms. The number of quaternary nitrogens is 1. The molecule has 1 rings (SSSR count). The van der Waals surface area contributed by atoms with Crippen molar-refractivity contribution in [1.82, 2.24) is 4.90 Å². The number of nitrogens with zero attached hydrogens (tertiary/aromatic N) is 2. The van der Waals surface area contributed by atoms with Crippen molar-refractivity contribution in [3.05, 3.63) is 0 Å². The lowest BCUT2D eigenvalue weighted by Crippen LogP contribution is -2.45. The van der Waals surface area contributed by atoms with Crippen molar-refractivity contribution in [2.45, 2.75) is 52.7 Å². The molecule has 1 fully saturated rings. The summed E-state index contributed by atoms with van der Waals surface area (Å²) in [5, 5.41) is 0. The third-order valence-corrected chi connectivity index (χ3v) is 4.34. The first-order valence-corrected chi connectivity index (χ1v) is 5.85. The van der Waals surface area contributed by atoms with E-state index in [-0.39, 0.29) is 0 Å². The summed E-state index contributed by atoms with van der Waals surface area (Å²) < 4.78 is 1.14. The van der Waals surface area contributed by atoms with Gasteiger partial charge in [-0.3, -0.25) is 0 Å². The van der Waals surface area contributed by atoms with Crippen LogP contribution in [-0.2, 0) is 0 Å². The van der Waals surface area contributed by atoms with Crippen molar-refractivity contribution in [2.24, 2.45) is 5.92 Å². The first-order valence-electron chi connectivity index (χ1n) is 5.85. The van der Waals surface area contributed by atoms with Crippen LogP contribution >= 0.6 is 0 Å². The van der Waals surface area contributed by atoms with E-state index in [1.165, 1.54) is 6.67 Å². The Morgan fingerprint density at radius 3 is 1.93 bits per heavy atom. The van der Waals surface area contributed by atoms with Crippen molar-refractivity contribution in [3.8, 4) is 0 Å². The molecule has 14 heavy (non-hydrogen) atoms. The average molecular weight is 199 g/mol. The van der Waals surface area contributed by atoms with Crippen LogP contribution in [0.4, 0.5) is 0 Å². The Kier molecular flexibility index (Phi) is 3.27. The van der Waals surface area contributed by atoms with Gasteiger partial charge in [-0.15, -0.1) is 0 Å². The zero-order chi connectivity index (χ0) is 11.1. The van der Waals surface area contributed by atoms with E-state index in [4.69, 9.17) is 0 Å². The second-order valence-corrected chi connectivity index (χ2v) is 5.90. The first kappa shape index (κ1) is 12.0. The average Bonchev–Trinajstić information content (AvgIpc) is 2.28. The van der Waals surface area contributed by atoms with E-state index in [1.807, 2.05) is 0 Å². The Bertz CT molecular complexity index is 198. The first-order chi connectivity index (χ1) is 6.27. The molecule has 0 aliphatic carbocycles. The number of hydrogen-bond acceptors (Lipinski definition) is 1. The maximum Gasteiger partial charge on any atom is 0.135 e. The van der Waals surface area contributed by atoms with Gasteiger partial charge in [-0.1, -0.05) is 13.8 Å². The molecule has 3 unspecified atom stereocenters. The Hall–Kier alpha value is -0.0800. The molecule has 0 N–H and O–H groups in total. The second kappa shape index (κ2) is 3.82. The lowest BCUT2D eigenvalue weighted by molar-refractivity contribution is -0.904. The van der Waals surface area contributed by atoms with Gasteiger partial charge in [-0.2, -0.15) is 0 Å². The van der Waals surface area contributed by atoms with Crippen LogP contribution in [0.15, 0.2) is 0 Å². The van der Waals surface area contributed by atoms with E-state index < -0.39 is 0 Å². The zero-order valence-electron chi connectivity index (χ0n) is 10.9. The SMILES string of the molecule is CC(C)C(C)N1C[N+](C)(C)C(C)C1C. The minimum atomic E-state index is 0.701. The number of rotatable bonds is 2. The molecule has 0 aromatic rings. The van der Waals surface area contributed by atoms with E-state index in [2.05, 4.69) is 53.6 Å². The van der Waals surface area contributed by atoms with E-state index in [0.29, 0.717) is 12.1 Å². The van der Waals surface area contributed by atoms with Crippen molar-refractivity contribution < 1.29 is 4.48 Å². The van der Waals surface area contributed by atoms with Crippen molar-refractivity contribution >= 4 is 0 Å². The van der Waals surface area contributed by atoms with Gasteiger partial charge in [-0.25, -0.2) is 4.90 Å². The lowest BCUT2D eigenvalue weighted by Gasteiger charge is -2.30. The van der Waals surface area contributed by atoms with Gasteiger partial charge in [0.2, 0.25) is 0 Å². The van der Waals surface area contributed by atoms with Crippen LogP contribution in [0, 0.1) is 5.92 Å². The Labute approximate surface area is 89.5 Å². The molecular formula is C12H27N2+. The van der Waals surface area contributed by atoms with Crippen LogP contribution in [0.25, 0.3) is 0 Å². The Morgan fingerprint density at radius 1 is 1.14 bits per heavy atom. The fourth-order valence-electron chi connectivity index (χ4n) is 2.42. The van der Waals surface area contributed by atoms with Gasteiger partial charge in [-0.05, 0) is 26.7 Å². The van der Waals surface area contributed by atoms with Crippen LogP contribution in [-0.4, -0.2) is 48.3 Å². The predicted molar refractivity (Wildman–Crippen MR) is 62.0 cm³/mol. The molecule has 1 heterocycles. The van der Waals surface area contributed by atoms with Crippen molar-refractivity contribution in [2.75, 3.05) is 20.8 Å². The van der Waals surface area contributed by atoms with Crippen molar-refractivity contribution in [3.63, 3.8) is 0 Å². The molecule has 0 radical (unpaired) electrons. The van der Waals surface area contributed by atoms with Gasteiger partial charge in [0.15, 0.2) is 0 Å². The minimum Gasteiger partial charge on any atom is -0.312 e. The molecule has 0 bridgehead atoms. The maximum atomic E-state index is 2.66.